The highest BCUT2D eigenvalue weighted by atomic mass is 16.1. The third-order valence-electron chi connectivity index (χ3n) is 4.77. The van der Waals surface area contributed by atoms with Crippen LogP contribution < -0.4 is 15.4 Å². The van der Waals surface area contributed by atoms with Gasteiger partial charge in [0.05, 0.1) is 5.69 Å². The predicted octanol–water partition coefficient (Wildman–Crippen LogP) is 2.64. The van der Waals surface area contributed by atoms with E-state index in [4.69, 9.17) is 0 Å². The van der Waals surface area contributed by atoms with Crippen LogP contribution in [0.2, 0.25) is 0 Å². The smallest absolute Gasteiger partial charge is 0.270 e. The molecule has 0 atom stereocenters. The average molecular weight is 357 g/mol. The molecule has 134 valence electrons. The van der Waals surface area contributed by atoms with Crippen molar-refractivity contribution in [2.75, 3.05) is 36.0 Å². The molecule has 0 aliphatic carbocycles. The van der Waals surface area contributed by atoms with E-state index in [0.717, 1.165) is 31.7 Å². The van der Waals surface area contributed by atoms with Crippen LogP contribution in [0, 0.1) is 11.3 Å². The Labute approximate surface area is 157 Å². The van der Waals surface area contributed by atoms with Gasteiger partial charge in [-0.1, -0.05) is 48.5 Å². The molecule has 6 heteroatoms. The Morgan fingerprint density at radius 2 is 1.48 bits per heavy atom. The minimum atomic E-state index is -0.396. The number of aromatic amines is 1. The van der Waals surface area contributed by atoms with Crippen molar-refractivity contribution in [2.45, 2.75) is 0 Å². The molecule has 0 spiro atoms. The molecule has 27 heavy (non-hydrogen) atoms. The summed E-state index contributed by atoms with van der Waals surface area (Å²) in [7, 11) is 0. The highest BCUT2D eigenvalue weighted by Crippen LogP contribution is 2.22. The van der Waals surface area contributed by atoms with Gasteiger partial charge in [0.2, 0.25) is 5.95 Å². The number of benzene rings is 2. The summed E-state index contributed by atoms with van der Waals surface area (Å²) >= 11 is 0. The molecule has 1 saturated heterocycles. The van der Waals surface area contributed by atoms with Gasteiger partial charge in [-0.25, -0.2) is 4.98 Å². The number of rotatable bonds is 3. The van der Waals surface area contributed by atoms with Gasteiger partial charge in [0.25, 0.3) is 5.56 Å². The Hall–Kier alpha value is -3.59. The van der Waals surface area contributed by atoms with E-state index in [2.05, 4.69) is 31.9 Å². The van der Waals surface area contributed by atoms with Crippen LogP contribution in [-0.4, -0.2) is 36.1 Å². The average Bonchev–Trinajstić information content (AvgIpc) is 2.74. The zero-order chi connectivity index (χ0) is 18.6. The first kappa shape index (κ1) is 16.9. The van der Waals surface area contributed by atoms with Gasteiger partial charge in [-0.05, 0) is 12.1 Å². The zero-order valence-electron chi connectivity index (χ0n) is 14.8. The number of aromatic nitrogens is 2. The lowest BCUT2D eigenvalue weighted by molar-refractivity contribution is 0.639. The van der Waals surface area contributed by atoms with Crippen LogP contribution in [0.25, 0.3) is 11.3 Å². The molecule has 1 aliphatic heterocycles. The largest absolute Gasteiger partial charge is 0.368 e. The molecule has 6 nitrogen and oxygen atoms in total. The van der Waals surface area contributed by atoms with E-state index in [9.17, 15) is 10.1 Å². The molecular formula is C21H19N5O. The van der Waals surface area contributed by atoms with Crippen LogP contribution in [0.1, 0.15) is 5.56 Å². The van der Waals surface area contributed by atoms with E-state index in [1.165, 1.54) is 5.69 Å². The minimum Gasteiger partial charge on any atom is -0.368 e. The van der Waals surface area contributed by atoms with E-state index < -0.39 is 5.56 Å². The highest BCUT2D eigenvalue weighted by Gasteiger charge is 2.21. The summed E-state index contributed by atoms with van der Waals surface area (Å²) in [5.74, 6) is 0.519. The second kappa shape index (κ2) is 7.34. The molecule has 0 saturated carbocycles. The number of hydrogen-bond donors (Lipinski definition) is 1. The lowest BCUT2D eigenvalue weighted by atomic mass is 10.1. The minimum absolute atomic E-state index is 0.0490. The van der Waals surface area contributed by atoms with Gasteiger partial charge in [-0.2, -0.15) is 5.26 Å². The van der Waals surface area contributed by atoms with Gasteiger partial charge in [-0.15, -0.1) is 0 Å². The van der Waals surface area contributed by atoms with Crippen molar-refractivity contribution in [1.29, 1.82) is 5.26 Å². The molecule has 1 fully saturated rings. The Kier molecular flexibility index (Phi) is 4.58. The zero-order valence-corrected chi connectivity index (χ0v) is 14.8. The Bertz CT molecular complexity index is 1020. The maximum Gasteiger partial charge on any atom is 0.270 e. The Morgan fingerprint density at radius 1 is 0.889 bits per heavy atom. The van der Waals surface area contributed by atoms with Crippen LogP contribution in [0.15, 0.2) is 65.5 Å². The molecule has 0 bridgehead atoms. The number of nitrogens with one attached hydrogen (secondary N) is 1. The fraction of sp³-hybridized carbons (Fsp3) is 0.190. The molecule has 0 unspecified atom stereocenters. The SMILES string of the molecule is N#Cc1c(-c2ccccc2)nc(N2CCN(c3ccccc3)CC2)[nH]c1=O. The molecule has 2 aromatic carbocycles. The fourth-order valence-corrected chi connectivity index (χ4v) is 3.34. The van der Waals surface area contributed by atoms with E-state index in [-0.39, 0.29) is 5.56 Å². The molecule has 1 aromatic heterocycles. The number of anilines is 2. The van der Waals surface area contributed by atoms with E-state index >= 15 is 0 Å². The first-order valence-electron chi connectivity index (χ1n) is 8.91. The van der Waals surface area contributed by atoms with Crippen molar-refractivity contribution in [3.8, 4) is 17.3 Å². The maximum atomic E-state index is 12.4. The fourth-order valence-electron chi connectivity index (χ4n) is 3.34. The lowest BCUT2D eigenvalue weighted by Gasteiger charge is -2.36. The summed E-state index contributed by atoms with van der Waals surface area (Å²) in [5.41, 5.74) is 2.05. The third kappa shape index (κ3) is 3.40. The molecule has 2 heterocycles. The first-order chi connectivity index (χ1) is 13.3. The van der Waals surface area contributed by atoms with Crippen molar-refractivity contribution in [3.05, 3.63) is 76.6 Å². The van der Waals surface area contributed by atoms with E-state index in [0.29, 0.717) is 11.6 Å². The number of para-hydroxylation sites is 1. The summed E-state index contributed by atoms with van der Waals surface area (Å²) in [4.78, 5) is 24.2. The molecule has 1 N–H and O–H groups in total. The van der Waals surface area contributed by atoms with Crippen LogP contribution in [0.3, 0.4) is 0 Å². The van der Waals surface area contributed by atoms with Crippen LogP contribution in [0.4, 0.5) is 11.6 Å². The molecule has 1 aliphatic rings. The second-order valence-electron chi connectivity index (χ2n) is 6.40. The van der Waals surface area contributed by atoms with Crippen molar-refractivity contribution in [2.24, 2.45) is 0 Å². The number of hydrogen-bond acceptors (Lipinski definition) is 5. The number of nitrogens with zero attached hydrogens (tertiary/aromatic N) is 4. The van der Waals surface area contributed by atoms with Gasteiger partial charge >= 0.3 is 0 Å². The summed E-state index contributed by atoms with van der Waals surface area (Å²) in [6.07, 6.45) is 0. The van der Waals surface area contributed by atoms with E-state index in [1.54, 1.807) is 0 Å². The monoisotopic (exact) mass is 357 g/mol. The summed E-state index contributed by atoms with van der Waals surface area (Å²) in [6.45, 7) is 3.18. The van der Waals surface area contributed by atoms with Crippen LogP contribution in [0.5, 0.6) is 0 Å². The highest BCUT2D eigenvalue weighted by molar-refractivity contribution is 5.67. The van der Waals surface area contributed by atoms with Gasteiger partial charge in [0.15, 0.2) is 0 Å². The maximum absolute atomic E-state index is 12.4. The Morgan fingerprint density at radius 3 is 2.11 bits per heavy atom. The van der Waals surface area contributed by atoms with Crippen molar-refractivity contribution in [3.63, 3.8) is 0 Å². The Balaban J connectivity index is 1.61. The van der Waals surface area contributed by atoms with Crippen molar-refractivity contribution in [1.82, 2.24) is 9.97 Å². The van der Waals surface area contributed by atoms with Gasteiger partial charge in [0, 0.05) is 37.4 Å². The predicted molar refractivity (Wildman–Crippen MR) is 106 cm³/mol. The van der Waals surface area contributed by atoms with Gasteiger partial charge in [0.1, 0.15) is 11.6 Å². The topological polar surface area (TPSA) is 76.0 Å². The summed E-state index contributed by atoms with van der Waals surface area (Å²) < 4.78 is 0. The first-order valence-corrected chi connectivity index (χ1v) is 8.91. The summed E-state index contributed by atoms with van der Waals surface area (Å²) in [5, 5.41) is 9.39. The number of nitriles is 1. The van der Waals surface area contributed by atoms with Gasteiger partial charge < -0.3 is 9.80 Å². The lowest BCUT2D eigenvalue weighted by Crippen LogP contribution is -2.47. The summed E-state index contributed by atoms with van der Waals surface area (Å²) in [6, 6.07) is 21.6. The third-order valence-corrected chi connectivity index (χ3v) is 4.77. The quantitative estimate of drug-likeness (QED) is 0.780. The molecule has 4 rings (SSSR count). The number of H-pyrrole nitrogens is 1. The second-order valence-corrected chi connectivity index (χ2v) is 6.40. The molecular weight excluding hydrogens is 338 g/mol. The van der Waals surface area contributed by atoms with Gasteiger partial charge in [-0.3, -0.25) is 9.78 Å². The van der Waals surface area contributed by atoms with Crippen LogP contribution in [-0.2, 0) is 0 Å². The van der Waals surface area contributed by atoms with Crippen molar-refractivity contribution >= 4 is 11.6 Å². The van der Waals surface area contributed by atoms with Crippen molar-refractivity contribution < 1.29 is 0 Å². The number of piperazine rings is 1. The molecule has 0 radical (unpaired) electrons. The normalized spacial score (nSPS) is 14.0. The van der Waals surface area contributed by atoms with Crippen LogP contribution >= 0.6 is 0 Å². The molecule has 0 amide bonds. The standard InChI is InChI=1S/C21H19N5O/c22-15-18-19(16-7-3-1-4-8-16)23-21(24-20(18)27)26-13-11-25(12-14-26)17-9-5-2-6-10-17/h1-10H,11-14H2,(H,23,24,27). The molecule has 3 aromatic rings. The van der Waals surface area contributed by atoms with E-state index in [1.807, 2.05) is 54.6 Å².